The zero-order chi connectivity index (χ0) is 24.8. The maximum atomic E-state index is 12.8. The molecule has 0 aliphatic carbocycles. The van der Waals surface area contributed by atoms with Crippen molar-refractivity contribution in [2.45, 2.75) is 4.90 Å². The van der Waals surface area contributed by atoms with Gasteiger partial charge < -0.3 is 9.30 Å². The van der Waals surface area contributed by atoms with Crippen LogP contribution in [0.4, 0.5) is 5.69 Å². The highest BCUT2D eigenvalue weighted by atomic mass is 32.2. The fraction of sp³-hybridized carbons (Fsp3) is 0.0400. The first kappa shape index (κ1) is 23.6. The van der Waals surface area contributed by atoms with E-state index < -0.39 is 15.9 Å². The van der Waals surface area contributed by atoms with E-state index in [4.69, 9.17) is 4.74 Å². The van der Waals surface area contributed by atoms with Crippen LogP contribution in [0.2, 0.25) is 0 Å². The van der Waals surface area contributed by atoms with E-state index in [1.54, 1.807) is 36.8 Å². The monoisotopic (exact) mass is 489 g/mol. The van der Waals surface area contributed by atoms with Gasteiger partial charge in [-0.05, 0) is 60.2 Å². The summed E-state index contributed by atoms with van der Waals surface area (Å²) in [5, 5.41) is 0. The number of amides is 1. The SMILES string of the molecule is C=C(NNC(=O)c1cccc(S(=O)(=O)Nc2ccc(OC)cc2)c1)c1ccc(-n2ccnc2)cc1. The molecule has 0 aliphatic heterocycles. The van der Waals surface area contributed by atoms with Gasteiger partial charge in [0.15, 0.2) is 0 Å². The van der Waals surface area contributed by atoms with Gasteiger partial charge in [0.2, 0.25) is 0 Å². The van der Waals surface area contributed by atoms with Gasteiger partial charge in [0.05, 0.1) is 24.0 Å². The Labute approximate surface area is 203 Å². The Kier molecular flexibility index (Phi) is 6.83. The number of anilines is 1. The lowest BCUT2D eigenvalue weighted by atomic mass is 10.1. The van der Waals surface area contributed by atoms with Crippen LogP contribution in [0.3, 0.4) is 0 Å². The molecule has 0 fully saturated rings. The normalized spacial score (nSPS) is 10.9. The van der Waals surface area contributed by atoms with Gasteiger partial charge in [-0.1, -0.05) is 24.8 Å². The summed E-state index contributed by atoms with van der Waals surface area (Å²) in [5.41, 5.74) is 8.04. The summed E-state index contributed by atoms with van der Waals surface area (Å²) < 4.78 is 35.0. The minimum Gasteiger partial charge on any atom is -0.497 e. The second-order valence-corrected chi connectivity index (χ2v) is 9.12. The molecule has 0 aliphatic rings. The molecule has 0 atom stereocenters. The fourth-order valence-corrected chi connectivity index (χ4v) is 4.30. The van der Waals surface area contributed by atoms with Crippen molar-refractivity contribution in [3.05, 3.63) is 109 Å². The molecule has 0 radical (unpaired) electrons. The Morgan fingerprint density at radius 2 is 1.71 bits per heavy atom. The molecule has 178 valence electrons. The lowest BCUT2D eigenvalue weighted by Crippen LogP contribution is -2.35. The molecule has 1 aromatic heterocycles. The predicted molar refractivity (Wildman–Crippen MR) is 133 cm³/mol. The van der Waals surface area contributed by atoms with Crippen LogP contribution in [-0.2, 0) is 10.0 Å². The minimum atomic E-state index is -3.90. The van der Waals surface area contributed by atoms with E-state index in [2.05, 4.69) is 27.1 Å². The third-order valence-corrected chi connectivity index (χ3v) is 6.47. The highest BCUT2D eigenvalue weighted by molar-refractivity contribution is 7.92. The topological polar surface area (TPSA) is 114 Å². The average Bonchev–Trinajstić information content (AvgIpc) is 3.43. The number of hydrogen-bond donors (Lipinski definition) is 3. The quantitative estimate of drug-likeness (QED) is 0.310. The van der Waals surface area contributed by atoms with Crippen LogP contribution in [0.15, 0.2) is 103 Å². The van der Waals surface area contributed by atoms with Gasteiger partial charge in [-0.2, -0.15) is 0 Å². The number of hydrogen-bond acceptors (Lipinski definition) is 6. The summed E-state index contributed by atoms with van der Waals surface area (Å²) in [6.45, 7) is 3.94. The first-order chi connectivity index (χ1) is 16.9. The van der Waals surface area contributed by atoms with E-state index in [9.17, 15) is 13.2 Å². The summed E-state index contributed by atoms with van der Waals surface area (Å²) >= 11 is 0. The van der Waals surface area contributed by atoms with Gasteiger partial charge in [-0.25, -0.2) is 13.4 Å². The molecule has 9 nitrogen and oxygen atoms in total. The number of carbonyl (C=O) groups excluding carboxylic acids is 1. The standard InChI is InChI=1S/C25H23N5O4S/c1-18(19-6-10-22(11-7-19)30-15-14-26-17-30)27-28-25(31)20-4-3-5-24(16-20)35(32,33)29-21-8-12-23(34-2)13-9-21/h3-17,27,29H,1H2,2H3,(H,28,31). The highest BCUT2D eigenvalue weighted by Crippen LogP contribution is 2.20. The van der Waals surface area contributed by atoms with Crippen LogP contribution in [0.1, 0.15) is 15.9 Å². The van der Waals surface area contributed by atoms with Gasteiger partial charge in [0, 0.05) is 29.3 Å². The molecular formula is C25H23N5O4S. The number of rotatable bonds is 9. The predicted octanol–water partition coefficient (Wildman–Crippen LogP) is 3.59. The van der Waals surface area contributed by atoms with Crippen LogP contribution in [0.25, 0.3) is 11.4 Å². The molecule has 4 aromatic rings. The number of ether oxygens (including phenoxy) is 1. The summed E-state index contributed by atoms with van der Waals surface area (Å²) in [5.74, 6) is 0.0949. The third-order valence-electron chi connectivity index (χ3n) is 5.09. The van der Waals surface area contributed by atoms with Gasteiger partial charge in [0.1, 0.15) is 5.75 Å². The lowest BCUT2D eigenvalue weighted by molar-refractivity contribution is 0.0942. The second kappa shape index (κ2) is 10.1. The number of hydrazine groups is 1. The molecule has 0 bridgehead atoms. The molecule has 3 N–H and O–H groups in total. The number of benzene rings is 3. The van der Waals surface area contributed by atoms with Crippen LogP contribution in [0.5, 0.6) is 5.75 Å². The van der Waals surface area contributed by atoms with Crippen LogP contribution in [0, 0.1) is 0 Å². The molecule has 1 heterocycles. The molecule has 4 rings (SSSR count). The molecular weight excluding hydrogens is 466 g/mol. The van der Waals surface area contributed by atoms with Crippen molar-refractivity contribution in [3.8, 4) is 11.4 Å². The average molecular weight is 490 g/mol. The van der Waals surface area contributed by atoms with Gasteiger partial charge >= 0.3 is 0 Å². The second-order valence-electron chi connectivity index (χ2n) is 7.44. The zero-order valence-corrected chi connectivity index (χ0v) is 19.6. The Bertz CT molecular complexity index is 1430. The zero-order valence-electron chi connectivity index (χ0n) is 18.8. The third kappa shape index (κ3) is 5.68. The van der Waals surface area contributed by atoms with E-state index in [-0.39, 0.29) is 10.5 Å². The molecule has 0 unspecified atom stereocenters. The number of imidazole rings is 1. The van der Waals surface area contributed by atoms with Crippen LogP contribution < -0.4 is 20.3 Å². The maximum Gasteiger partial charge on any atom is 0.269 e. The first-order valence-electron chi connectivity index (χ1n) is 10.5. The van der Waals surface area contributed by atoms with E-state index in [1.165, 1.54) is 31.4 Å². The first-order valence-corrected chi connectivity index (χ1v) is 11.9. The van der Waals surface area contributed by atoms with Crippen molar-refractivity contribution in [2.75, 3.05) is 11.8 Å². The van der Waals surface area contributed by atoms with Crippen molar-refractivity contribution in [1.29, 1.82) is 0 Å². The molecule has 1 amide bonds. The molecule has 10 heteroatoms. The number of aromatic nitrogens is 2. The van der Waals surface area contributed by atoms with Crippen molar-refractivity contribution < 1.29 is 17.9 Å². The van der Waals surface area contributed by atoms with E-state index >= 15 is 0 Å². The van der Waals surface area contributed by atoms with Crippen molar-refractivity contribution in [2.24, 2.45) is 0 Å². The smallest absolute Gasteiger partial charge is 0.269 e. The Morgan fingerprint density at radius 3 is 2.37 bits per heavy atom. The van der Waals surface area contributed by atoms with E-state index in [1.807, 2.05) is 35.0 Å². The number of sulfonamides is 1. The number of methoxy groups -OCH3 is 1. The summed E-state index contributed by atoms with van der Waals surface area (Å²) in [7, 11) is -2.37. The summed E-state index contributed by atoms with van der Waals surface area (Å²) in [4.78, 5) is 16.6. The Balaban J connectivity index is 1.39. The molecule has 35 heavy (non-hydrogen) atoms. The Morgan fingerprint density at radius 1 is 0.971 bits per heavy atom. The molecule has 0 spiro atoms. The van der Waals surface area contributed by atoms with E-state index in [0.717, 1.165) is 11.3 Å². The largest absolute Gasteiger partial charge is 0.497 e. The van der Waals surface area contributed by atoms with Gasteiger partial charge in [-0.3, -0.25) is 20.4 Å². The fourth-order valence-electron chi connectivity index (χ4n) is 3.20. The number of carbonyl (C=O) groups is 1. The van der Waals surface area contributed by atoms with Crippen LogP contribution >= 0.6 is 0 Å². The summed E-state index contributed by atoms with van der Waals surface area (Å²) in [6.07, 6.45) is 5.23. The van der Waals surface area contributed by atoms with Gasteiger partial charge in [-0.15, -0.1) is 0 Å². The summed E-state index contributed by atoms with van der Waals surface area (Å²) in [6, 6.07) is 19.7. The highest BCUT2D eigenvalue weighted by Gasteiger charge is 2.17. The molecule has 0 saturated heterocycles. The van der Waals surface area contributed by atoms with Crippen LogP contribution in [-0.4, -0.2) is 31.0 Å². The number of nitrogens with one attached hydrogen (secondary N) is 3. The molecule has 0 saturated carbocycles. The number of nitrogens with zero attached hydrogens (tertiary/aromatic N) is 2. The molecule has 3 aromatic carbocycles. The van der Waals surface area contributed by atoms with Crippen molar-refractivity contribution in [3.63, 3.8) is 0 Å². The van der Waals surface area contributed by atoms with E-state index in [0.29, 0.717) is 17.1 Å². The maximum absolute atomic E-state index is 12.8. The van der Waals surface area contributed by atoms with Crippen molar-refractivity contribution >= 4 is 27.3 Å². The lowest BCUT2D eigenvalue weighted by Gasteiger charge is -2.13. The Hall–Kier alpha value is -4.57. The van der Waals surface area contributed by atoms with Gasteiger partial charge in [0.25, 0.3) is 15.9 Å². The van der Waals surface area contributed by atoms with Crippen molar-refractivity contribution in [1.82, 2.24) is 20.4 Å². The minimum absolute atomic E-state index is 0.0464.